The molecule has 0 saturated carbocycles. The molecule has 0 fully saturated rings. The molecule has 0 aromatic rings. The summed E-state index contributed by atoms with van der Waals surface area (Å²) >= 11 is 0. The first-order chi connectivity index (χ1) is 10.1. The van der Waals surface area contributed by atoms with Crippen LogP contribution in [0, 0.1) is 0 Å². The predicted octanol–water partition coefficient (Wildman–Crippen LogP) is 1.01. The van der Waals surface area contributed by atoms with Crippen LogP contribution < -0.4 is 0 Å². The summed E-state index contributed by atoms with van der Waals surface area (Å²) in [6, 6.07) is 2.16. The second kappa shape index (κ2) is 17.1. The van der Waals surface area contributed by atoms with Crippen molar-refractivity contribution < 1.29 is 21.3 Å². The Hall–Kier alpha value is 1.31. The highest BCUT2D eigenvalue weighted by atomic mass is 31.1. The molecule has 0 spiro atoms. The second-order valence-electron chi connectivity index (χ2n) is 4.61. The summed E-state index contributed by atoms with van der Waals surface area (Å²) in [6.07, 6.45) is 1.12. The van der Waals surface area contributed by atoms with Crippen LogP contribution in [0.1, 0.15) is 13.8 Å². The predicted molar refractivity (Wildman–Crippen MR) is 112 cm³/mol. The first-order valence-corrected chi connectivity index (χ1v) is 19.7. The lowest BCUT2D eigenvalue weighted by Crippen LogP contribution is -2.47. The highest BCUT2D eigenvalue weighted by Crippen LogP contribution is 2.19. The summed E-state index contributed by atoms with van der Waals surface area (Å²) in [7, 11) is -4.23. The van der Waals surface area contributed by atoms with Gasteiger partial charge in [0.1, 0.15) is 29.3 Å². The quantitative estimate of drug-likeness (QED) is 0.225. The van der Waals surface area contributed by atoms with Crippen molar-refractivity contribution in [2.75, 3.05) is 19.9 Å². The maximum atomic E-state index is 6.06. The zero-order valence-electron chi connectivity index (χ0n) is 14.3. The van der Waals surface area contributed by atoms with E-state index in [2.05, 4.69) is 26.2 Å². The van der Waals surface area contributed by atoms with E-state index < -0.39 is 47.1 Å². The lowest BCUT2D eigenvalue weighted by atomic mass is 10.6. The molecular weight excluding hydrogens is 384 g/mol. The highest BCUT2D eigenvalue weighted by Gasteiger charge is 2.37. The first-order valence-electron chi connectivity index (χ1n) is 7.96. The van der Waals surface area contributed by atoms with Gasteiger partial charge >= 0.3 is 8.80 Å². The van der Waals surface area contributed by atoms with E-state index in [-0.39, 0.29) is 7.43 Å². The molecule has 0 saturated heterocycles. The van der Waals surface area contributed by atoms with Crippen LogP contribution in [0.4, 0.5) is 0 Å². The highest BCUT2D eigenvalue weighted by molar-refractivity contribution is 7.31. The Morgan fingerprint density at radius 3 is 2.00 bits per heavy atom. The number of rotatable bonds is 15. The van der Waals surface area contributed by atoms with Crippen LogP contribution in [0.25, 0.3) is 0 Å². The van der Waals surface area contributed by atoms with E-state index in [1.54, 1.807) is 0 Å². The van der Waals surface area contributed by atoms with Crippen molar-refractivity contribution >= 4 is 55.9 Å². The van der Waals surface area contributed by atoms with Crippen LogP contribution in [0.15, 0.2) is 0 Å². The second-order valence-corrected chi connectivity index (χ2v) is 14.9. The monoisotopic (exact) mass is 420 g/mol. The van der Waals surface area contributed by atoms with Crippen LogP contribution >= 0.6 is 8.81 Å². The van der Waals surface area contributed by atoms with Gasteiger partial charge in [0, 0.05) is 14.9 Å². The Kier molecular flexibility index (Phi) is 19.9. The van der Waals surface area contributed by atoms with Gasteiger partial charge in [-0.25, -0.2) is 0 Å². The van der Waals surface area contributed by atoms with Crippen LogP contribution in [0.2, 0.25) is 38.3 Å². The van der Waals surface area contributed by atoms with Crippen molar-refractivity contribution in [3.63, 3.8) is 0 Å². The topological polar surface area (TPSA) is 46.2 Å². The van der Waals surface area contributed by atoms with E-state index in [9.17, 15) is 0 Å². The summed E-state index contributed by atoms with van der Waals surface area (Å²) < 4.78 is 29.4. The van der Waals surface area contributed by atoms with Gasteiger partial charge in [-0.05, 0) is 25.7 Å². The van der Waals surface area contributed by atoms with Gasteiger partial charge in [0.2, 0.25) is 0 Å². The molecule has 0 aromatic carbocycles. The van der Waals surface area contributed by atoms with E-state index in [0.29, 0.717) is 8.81 Å². The molecule has 2 unspecified atom stereocenters. The van der Waals surface area contributed by atoms with Crippen LogP contribution in [-0.2, 0) is 21.3 Å². The third-order valence-electron chi connectivity index (χ3n) is 2.92. The summed E-state index contributed by atoms with van der Waals surface area (Å²) in [5.74, 6) is 0. The molecule has 0 heterocycles. The molecule has 0 rings (SSSR count). The van der Waals surface area contributed by atoms with Crippen LogP contribution in [-0.4, -0.2) is 67.0 Å². The Balaban J connectivity index is 0. The van der Waals surface area contributed by atoms with Gasteiger partial charge in [-0.15, -0.1) is 0 Å². The van der Waals surface area contributed by atoms with Gasteiger partial charge in [-0.3, -0.25) is 0 Å². The molecule has 0 radical (unpaired) electrons. The zero-order valence-corrected chi connectivity index (χ0v) is 21.7. The molecule has 0 bridgehead atoms. The lowest BCUT2D eigenvalue weighted by Gasteiger charge is -2.30. The van der Waals surface area contributed by atoms with Gasteiger partial charge in [-0.2, -0.15) is 0 Å². The minimum atomic E-state index is -2.28. The smallest absolute Gasteiger partial charge is 0.423 e. The molecule has 0 aliphatic rings. The summed E-state index contributed by atoms with van der Waals surface area (Å²) in [6.45, 7) is 12.3. The summed E-state index contributed by atoms with van der Waals surface area (Å²) in [4.78, 5) is 0. The Labute approximate surface area is 149 Å². The average molecular weight is 421 g/mol. The van der Waals surface area contributed by atoms with E-state index >= 15 is 0 Å². The molecule has 5 nitrogen and oxygen atoms in total. The summed E-state index contributed by atoms with van der Waals surface area (Å²) in [5, 5.41) is 0. The maximum Gasteiger partial charge on any atom is 0.468 e. The molecule has 0 aliphatic heterocycles. The van der Waals surface area contributed by atoms with E-state index in [1.807, 2.05) is 6.66 Å². The fourth-order valence-electron chi connectivity index (χ4n) is 2.08. The third-order valence-corrected chi connectivity index (χ3v) is 15.1. The van der Waals surface area contributed by atoms with Crippen LogP contribution in [0.5, 0.6) is 0 Å². The lowest BCUT2D eigenvalue weighted by molar-refractivity contribution is 0.235. The third kappa shape index (κ3) is 12.7. The standard InChI is InChI=1S/C10H33O5PSi5.CH4/c1-16-11-7-8-12-20(5)9-6-10-21(13-17-2,14-18-3)15-19-4;/h16,20H,6-10,17-19H2,1-5H3;1H4. The van der Waals surface area contributed by atoms with Gasteiger partial charge in [0.05, 0.1) is 13.2 Å². The molecule has 136 valence electrons. The van der Waals surface area contributed by atoms with Crippen molar-refractivity contribution in [2.24, 2.45) is 0 Å². The normalized spacial score (nSPS) is 17.3. The van der Waals surface area contributed by atoms with Gasteiger partial charge < -0.3 is 21.3 Å². The van der Waals surface area contributed by atoms with E-state index in [4.69, 9.17) is 21.3 Å². The molecule has 0 aromatic heterocycles. The van der Waals surface area contributed by atoms with Crippen LogP contribution in [0.3, 0.4) is 0 Å². The fraction of sp³-hybridized carbons (Fsp3) is 1.00. The molecule has 22 heavy (non-hydrogen) atoms. The molecular formula is C11H37O5PSi5. The zero-order chi connectivity index (χ0) is 16.0. The minimum absolute atomic E-state index is 0. The van der Waals surface area contributed by atoms with Gasteiger partial charge in [0.15, 0.2) is 9.04 Å². The molecule has 2 atom stereocenters. The Morgan fingerprint density at radius 1 is 1.00 bits per heavy atom. The number of hydrogen-bond donors (Lipinski definition) is 0. The minimum Gasteiger partial charge on any atom is -0.423 e. The molecule has 0 amide bonds. The SMILES string of the molecule is C.C[SiH2]O[Si](CCC[SiH](C)OCCOPC)(O[SiH2]C)O[SiH2]C. The van der Waals surface area contributed by atoms with Crippen molar-refractivity contribution in [1.82, 2.24) is 0 Å². The molecule has 11 heteroatoms. The van der Waals surface area contributed by atoms with E-state index in [0.717, 1.165) is 25.7 Å². The first kappa shape index (κ1) is 25.6. The van der Waals surface area contributed by atoms with Crippen molar-refractivity contribution in [2.45, 2.75) is 52.1 Å². The van der Waals surface area contributed by atoms with Gasteiger partial charge in [-0.1, -0.05) is 27.1 Å². The van der Waals surface area contributed by atoms with Crippen molar-refractivity contribution in [1.29, 1.82) is 0 Å². The maximum absolute atomic E-state index is 6.06. The number of hydrogen-bond acceptors (Lipinski definition) is 5. The average Bonchev–Trinajstić information content (AvgIpc) is 2.44. The fourth-order valence-corrected chi connectivity index (χ4v) is 15.1. The molecule has 0 aliphatic carbocycles. The Morgan fingerprint density at radius 2 is 1.55 bits per heavy atom. The van der Waals surface area contributed by atoms with E-state index in [1.165, 1.54) is 6.04 Å². The van der Waals surface area contributed by atoms with Gasteiger partial charge in [0.25, 0.3) is 0 Å². The van der Waals surface area contributed by atoms with Crippen molar-refractivity contribution in [3.05, 3.63) is 0 Å². The van der Waals surface area contributed by atoms with Crippen molar-refractivity contribution in [3.8, 4) is 0 Å². The summed E-state index contributed by atoms with van der Waals surface area (Å²) in [5.41, 5.74) is 0. The molecule has 0 N–H and O–H groups in total. The Bertz CT molecular complexity index is 226. The largest absolute Gasteiger partial charge is 0.468 e.